The summed E-state index contributed by atoms with van der Waals surface area (Å²) in [5, 5.41) is 2.79. The molecule has 0 atom stereocenters. The topological polar surface area (TPSA) is 33.2 Å². The highest BCUT2D eigenvalue weighted by Crippen LogP contribution is 2.18. The van der Waals surface area contributed by atoms with Gasteiger partial charge in [0.1, 0.15) is 5.69 Å². The van der Waals surface area contributed by atoms with Gasteiger partial charge in [-0.05, 0) is 12.8 Å². The van der Waals surface area contributed by atoms with Crippen molar-refractivity contribution in [3.8, 4) is 0 Å². The molecule has 2 heterocycles. The highest BCUT2D eigenvalue weighted by molar-refractivity contribution is 7.09. The molecule has 2 rings (SSSR count). The Morgan fingerprint density at radius 2 is 2.38 bits per heavy atom. The van der Waals surface area contributed by atoms with E-state index in [2.05, 4.69) is 11.9 Å². The average molecular weight is 196 g/mol. The molecule has 1 aliphatic rings. The molecule has 0 aromatic carbocycles. The summed E-state index contributed by atoms with van der Waals surface area (Å²) in [7, 11) is 0. The number of amides is 1. The molecule has 0 saturated carbocycles. The summed E-state index contributed by atoms with van der Waals surface area (Å²) < 4.78 is 0. The van der Waals surface area contributed by atoms with E-state index < -0.39 is 0 Å². The van der Waals surface area contributed by atoms with Gasteiger partial charge in [-0.25, -0.2) is 4.98 Å². The fraction of sp³-hybridized carbons (Fsp3) is 0.556. The van der Waals surface area contributed by atoms with Gasteiger partial charge in [-0.1, -0.05) is 6.92 Å². The minimum Gasteiger partial charge on any atom is -0.337 e. The van der Waals surface area contributed by atoms with Crippen molar-refractivity contribution in [2.45, 2.75) is 13.8 Å². The summed E-state index contributed by atoms with van der Waals surface area (Å²) >= 11 is 1.53. The molecule has 70 valence electrons. The molecule has 1 aromatic rings. The molecule has 0 unspecified atom stereocenters. The number of hydrogen-bond acceptors (Lipinski definition) is 3. The quantitative estimate of drug-likeness (QED) is 0.682. The van der Waals surface area contributed by atoms with Gasteiger partial charge < -0.3 is 4.90 Å². The van der Waals surface area contributed by atoms with E-state index in [1.807, 2.05) is 17.2 Å². The SMILES string of the molecule is Cc1nc(C(=O)N2CC(C)C2)cs1. The first-order valence-corrected chi connectivity index (χ1v) is 5.26. The second-order valence-electron chi connectivity index (χ2n) is 3.57. The molecule has 0 N–H and O–H groups in total. The number of nitrogens with zero attached hydrogens (tertiary/aromatic N) is 2. The fourth-order valence-electron chi connectivity index (χ4n) is 1.49. The normalized spacial score (nSPS) is 17.2. The molecular formula is C9H12N2OS. The Balaban J connectivity index is 2.06. The lowest BCUT2D eigenvalue weighted by atomic mass is 10.0. The maximum Gasteiger partial charge on any atom is 0.273 e. The van der Waals surface area contributed by atoms with Gasteiger partial charge in [0.05, 0.1) is 5.01 Å². The Morgan fingerprint density at radius 3 is 2.85 bits per heavy atom. The van der Waals surface area contributed by atoms with Crippen LogP contribution in [0.3, 0.4) is 0 Å². The standard InChI is InChI=1S/C9H12N2OS/c1-6-3-11(4-6)9(12)8-5-13-7(2)10-8/h5-6H,3-4H2,1-2H3. The van der Waals surface area contributed by atoms with Gasteiger partial charge >= 0.3 is 0 Å². The van der Waals surface area contributed by atoms with Crippen molar-refractivity contribution in [1.29, 1.82) is 0 Å². The molecule has 1 amide bonds. The second-order valence-corrected chi connectivity index (χ2v) is 4.63. The lowest BCUT2D eigenvalue weighted by molar-refractivity contribution is 0.0525. The zero-order valence-electron chi connectivity index (χ0n) is 7.78. The molecule has 0 bridgehead atoms. The van der Waals surface area contributed by atoms with E-state index in [-0.39, 0.29) is 5.91 Å². The third-order valence-corrected chi connectivity index (χ3v) is 2.96. The molecule has 0 radical (unpaired) electrons. The average Bonchev–Trinajstić information content (AvgIpc) is 2.45. The minimum atomic E-state index is 0.0856. The van der Waals surface area contributed by atoms with Crippen LogP contribution < -0.4 is 0 Å². The number of aryl methyl sites for hydroxylation is 1. The maximum atomic E-state index is 11.7. The Kier molecular flexibility index (Phi) is 2.07. The number of likely N-dealkylation sites (tertiary alicyclic amines) is 1. The molecule has 0 aliphatic carbocycles. The summed E-state index contributed by atoms with van der Waals surface area (Å²) in [4.78, 5) is 17.7. The highest BCUT2D eigenvalue weighted by Gasteiger charge is 2.28. The van der Waals surface area contributed by atoms with Gasteiger partial charge in [0.15, 0.2) is 0 Å². The second kappa shape index (κ2) is 3.10. The van der Waals surface area contributed by atoms with Crippen molar-refractivity contribution < 1.29 is 4.79 Å². The summed E-state index contributed by atoms with van der Waals surface area (Å²) in [6.07, 6.45) is 0. The van der Waals surface area contributed by atoms with Crippen LogP contribution in [0.15, 0.2) is 5.38 Å². The Morgan fingerprint density at radius 1 is 1.69 bits per heavy atom. The van der Waals surface area contributed by atoms with Gasteiger partial charge in [-0.15, -0.1) is 11.3 Å². The zero-order chi connectivity index (χ0) is 9.42. The first-order chi connectivity index (χ1) is 6.16. The summed E-state index contributed by atoms with van der Waals surface area (Å²) in [5.74, 6) is 0.742. The van der Waals surface area contributed by atoms with Crippen LogP contribution in [-0.4, -0.2) is 28.9 Å². The lowest BCUT2D eigenvalue weighted by Gasteiger charge is -2.36. The van der Waals surface area contributed by atoms with Gasteiger partial charge in [-0.2, -0.15) is 0 Å². The molecule has 13 heavy (non-hydrogen) atoms. The van der Waals surface area contributed by atoms with Crippen molar-refractivity contribution in [2.24, 2.45) is 5.92 Å². The fourth-order valence-corrected chi connectivity index (χ4v) is 2.08. The van der Waals surface area contributed by atoms with Crippen LogP contribution in [0.5, 0.6) is 0 Å². The van der Waals surface area contributed by atoms with E-state index in [0.29, 0.717) is 11.6 Å². The Labute approximate surface area is 81.4 Å². The van der Waals surface area contributed by atoms with Crippen LogP contribution in [0, 0.1) is 12.8 Å². The number of rotatable bonds is 1. The van der Waals surface area contributed by atoms with Gasteiger partial charge in [0.25, 0.3) is 5.91 Å². The number of thiazole rings is 1. The molecule has 1 aromatic heterocycles. The number of carbonyl (C=O) groups is 1. The Bertz CT molecular complexity index is 328. The van der Waals surface area contributed by atoms with Crippen LogP contribution >= 0.6 is 11.3 Å². The first-order valence-electron chi connectivity index (χ1n) is 4.38. The predicted octanol–water partition coefficient (Wildman–Crippen LogP) is 1.54. The predicted molar refractivity (Wildman–Crippen MR) is 51.9 cm³/mol. The van der Waals surface area contributed by atoms with E-state index in [0.717, 1.165) is 18.1 Å². The lowest BCUT2D eigenvalue weighted by Crippen LogP contribution is -2.48. The van der Waals surface area contributed by atoms with Gasteiger partial charge in [0, 0.05) is 18.5 Å². The molecular weight excluding hydrogens is 184 g/mol. The molecule has 3 nitrogen and oxygen atoms in total. The van der Waals surface area contributed by atoms with E-state index in [4.69, 9.17) is 0 Å². The summed E-state index contributed by atoms with van der Waals surface area (Å²) in [6.45, 7) is 5.83. The summed E-state index contributed by atoms with van der Waals surface area (Å²) in [5.41, 5.74) is 0.606. The zero-order valence-corrected chi connectivity index (χ0v) is 8.60. The molecule has 0 spiro atoms. The van der Waals surface area contributed by atoms with Crippen LogP contribution in [0.1, 0.15) is 22.4 Å². The van der Waals surface area contributed by atoms with Crippen molar-refractivity contribution in [2.75, 3.05) is 13.1 Å². The van der Waals surface area contributed by atoms with Crippen molar-refractivity contribution in [1.82, 2.24) is 9.88 Å². The Hall–Kier alpha value is -0.900. The summed E-state index contributed by atoms with van der Waals surface area (Å²) in [6, 6.07) is 0. The minimum absolute atomic E-state index is 0.0856. The molecule has 1 fully saturated rings. The van der Waals surface area contributed by atoms with E-state index >= 15 is 0 Å². The van der Waals surface area contributed by atoms with E-state index in [9.17, 15) is 4.79 Å². The largest absolute Gasteiger partial charge is 0.337 e. The van der Waals surface area contributed by atoms with Crippen LogP contribution in [-0.2, 0) is 0 Å². The van der Waals surface area contributed by atoms with Crippen molar-refractivity contribution >= 4 is 17.2 Å². The number of carbonyl (C=O) groups excluding carboxylic acids is 1. The smallest absolute Gasteiger partial charge is 0.273 e. The first kappa shape index (κ1) is 8.69. The van der Waals surface area contributed by atoms with Crippen LogP contribution in [0.4, 0.5) is 0 Å². The van der Waals surface area contributed by atoms with Crippen molar-refractivity contribution in [3.63, 3.8) is 0 Å². The molecule has 1 aliphatic heterocycles. The molecule has 1 saturated heterocycles. The molecule has 4 heteroatoms. The van der Waals surface area contributed by atoms with Crippen LogP contribution in [0.2, 0.25) is 0 Å². The third-order valence-electron chi connectivity index (χ3n) is 2.19. The monoisotopic (exact) mass is 196 g/mol. The van der Waals surface area contributed by atoms with Crippen molar-refractivity contribution in [3.05, 3.63) is 16.1 Å². The van der Waals surface area contributed by atoms with E-state index in [1.54, 1.807) is 0 Å². The van der Waals surface area contributed by atoms with Gasteiger partial charge in [-0.3, -0.25) is 4.79 Å². The van der Waals surface area contributed by atoms with Crippen LogP contribution in [0.25, 0.3) is 0 Å². The van der Waals surface area contributed by atoms with Gasteiger partial charge in [0.2, 0.25) is 0 Å². The maximum absolute atomic E-state index is 11.7. The third kappa shape index (κ3) is 1.58. The number of hydrogen-bond donors (Lipinski definition) is 0. The van der Waals surface area contributed by atoms with E-state index in [1.165, 1.54) is 11.3 Å². The number of aromatic nitrogens is 1. The highest BCUT2D eigenvalue weighted by atomic mass is 32.1.